The summed E-state index contributed by atoms with van der Waals surface area (Å²) in [5.41, 5.74) is 7.11. The maximum atomic E-state index is 11.5. The van der Waals surface area contributed by atoms with E-state index < -0.39 is 11.9 Å². The largest absolute Gasteiger partial charge is 0.368 e. The highest BCUT2D eigenvalue weighted by atomic mass is 16.2. The lowest BCUT2D eigenvalue weighted by molar-refractivity contribution is -0.126. The van der Waals surface area contributed by atoms with Gasteiger partial charge in [-0.15, -0.1) is 0 Å². The molecule has 1 atom stereocenters. The molecule has 2 amide bonds. The second kappa shape index (κ2) is 8.28. The smallest absolute Gasteiger partial charge is 0.239 e. The molecule has 0 spiro atoms. The van der Waals surface area contributed by atoms with Gasteiger partial charge in [0.15, 0.2) is 0 Å². The van der Waals surface area contributed by atoms with Crippen molar-refractivity contribution in [2.75, 3.05) is 0 Å². The highest BCUT2D eigenvalue weighted by Gasteiger charge is 2.11. The first-order chi connectivity index (χ1) is 8.49. The summed E-state index contributed by atoms with van der Waals surface area (Å²) in [6.45, 7) is 7.55. The first kappa shape index (κ1) is 16.2. The quantitative estimate of drug-likeness (QED) is 0.851. The average molecular weight is 250 g/mol. The molecular weight excluding hydrogens is 228 g/mol. The van der Waals surface area contributed by atoms with Crippen molar-refractivity contribution in [2.45, 2.75) is 40.2 Å². The van der Waals surface area contributed by atoms with Crippen LogP contribution < -0.4 is 11.1 Å². The molecule has 0 fully saturated rings. The SMILES string of the molecule is CC.Cc1ccc(CC(=O)NC(C)C(N)=O)cc1. The van der Waals surface area contributed by atoms with Gasteiger partial charge in [0, 0.05) is 0 Å². The van der Waals surface area contributed by atoms with Gasteiger partial charge in [0.2, 0.25) is 11.8 Å². The molecule has 100 valence electrons. The van der Waals surface area contributed by atoms with Crippen LogP contribution in [-0.2, 0) is 16.0 Å². The molecule has 4 heteroatoms. The van der Waals surface area contributed by atoms with E-state index in [-0.39, 0.29) is 12.3 Å². The summed E-state index contributed by atoms with van der Waals surface area (Å²) in [4.78, 5) is 22.2. The van der Waals surface area contributed by atoms with Gasteiger partial charge in [-0.1, -0.05) is 43.7 Å². The molecular formula is C14H22N2O2. The molecule has 3 N–H and O–H groups in total. The van der Waals surface area contributed by atoms with Crippen molar-refractivity contribution >= 4 is 11.8 Å². The number of carbonyl (C=O) groups is 2. The van der Waals surface area contributed by atoms with Gasteiger partial charge in [-0.3, -0.25) is 9.59 Å². The Bertz CT molecular complexity index is 385. The Hall–Kier alpha value is -1.84. The fourth-order valence-electron chi connectivity index (χ4n) is 1.25. The molecule has 1 aromatic carbocycles. The van der Waals surface area contributed by atoms with Gasteiger partial charge < -0.3 is 11.1 Å². The fraction of sp³-hybridized carbons (Fsp3) is 0.429. The maximum Gasteiger partial charge on any atom is 0.239 e. The number of rotatable bonds is 4. The topological polar surface area (TPSA) is 72.2 Å². The van der Waals surface area contributed by atoms with Crippen molar-refractivity contribution < 1.29 is 9.59 Å². The van der Waals surface area contributed by atoms with Crippen LogP contribution in [0.25, 0.3) is 0 Å². The molecule has 0 aromatic heterocycles. The molecule has 18 heavy (non-hydrogen) atoms. The van der Waals surface area contributed by atoms with Crippen LogP contribution in [0.3, 0.4) is 0 Å². The van der Waals surface area contributed by atoms with E-state index in [0.29, 0.717) is 0 Å². The van der Waals surface area contributed by atoms with E-state index in [1.807, 2.05) is 45.0 Å². The molecule has 0 bridgehead atoms. The van der Waals surface area contributed by atoms with E-state index >= 15 is 0 Å². The summed E-state index contributed by atoms with van der Waals surface area (Å²) in [5.74, 6) is -0.729. The Kier molecular flexibility index (Phi) is 7.43. The zero-order valence-electron chi connectivity index (χ0n) is 11.5. The van der Waals surface area contributed by atoms with Crippen LogP contribution in [0, 0.1) is 6.92 Å². The number of hydrogen-bond donors (Lipinski definition) is 2. The molecule has 1 unspecified atom stereocenters. The van der Waals surface area contributed by atoms with Gasteiger partial charge in [-0.25, -0.2) is 0 Å². The van der Waals surface area contributed by atoms with E-state index in [2.05, 4.69) is 5.32 Å². The third kappa shape index (κ3) is 6.03. The average Bonchev–Trinajstić information content (AvgIpc) is 2.34. The van der Waals surface area contributed by atoms with Crippen LogP contribution in [0.5, 0.6) is 0 Å². The van der Waals surface area contributed by atoms with Crippen molar-refractivity contribution in [3.8, 4) is 0 Å². The maximum absolute atomic E-state index is 11.5. The first-order valence-corrected chi connectivity index (χ1v) is 6.13. The van der Waals surface area contributed by atoms with Crippen molar-refractivity contribution in [2.24, 2.45) is 5.73 Å². The predicted octanol–water partition coefficient (Wildman–Crippen LogP) is 1.55. The van der Waals surface area contributed by atoms with E-state index in [1.165, 1.54) is 0 Å². The molecule has 0 aliphatic rings. The summed E-state index contributed by atoms with van der Waals surface area (Å²) >= 11 is 0. The molecule has 0 saturated carbocycles. The van der Waals surface area contributed by atoms with E-state index in [0.717, 1.165) is 11.1 Å². The molecule has 1 aromatic rings. The summed E-state index contributed by atoms with van der Waals surface area (Å²) in [5, 5.41) is 2.53. The second-order valence-electron chi connectivity index (χ2n) is 3.85. The zero-order valence-corrected chi connectivity index (χ0v) is 11.5. The Labute approximate surface area is 109 Å². The van der Waals surface area contributed by atoms with Gasteiger partial charge in [-0.05, 0) is 19.4 Å². The third-order valence-corrected chi connectivity index (χ3v) is 2.29. The molecule has 0 heterocycles. The van der Waals surface area contributed by atoms with E-state index in [1.54, 1.807) is 6.92 Å². The Morgan fingerprint density at radius 3 is 2.17 bits per heavy atom. The first-order valence-electron chi connectivity index (χ1n) is 6.13. The lowest BCUT2D eigenvalue weighted by Gasteiger charge is -2.09. The summed E-state index contributed by atoms with van der Waals surface area (Å²) in [7, 11) is 0. The lowest BCUT2D eigenvalue weighted by Crippen LogP contribution is -2.42. The van der Waals surface area contributed by atoms with Crippen LogP contribution in [-0.4, -0.2) is 17.9 Å². The number of carbonyl (C=O) groups excluding carboxylic acids is 2. The van der Waals surface area contributed by atoms with Crippen molar-refractivity contribution in [1.29, 1.82) is 0 Å². The van der Waals surface area contributed by atoms with Gasteiger partial charge in [0.1, 0.15) is 6.04 Å². The van der Waals surface area contributed by atoms with Crippen molar-refractivity contribution in [3.05, 3.63) is 35.4 Å². The molecule has 0 aliphatic heterocycles. The summed E-state index contributed by atoms with van der Waals surface area (Å²) in [6, 6.07) is 7.05. The van der Waals surface area contributed by atoms with Gasteiger partial charge >= 0.3 is 0 Å². The molecule has 1 rings (SSSR count). The normalized spacial score (nSPS) is 10.9. The lowest BCUT2D eigenvalue weighted by atomic mass is 10.1. The minimum Gasteiger partial charge on any atom is -0.368 e. The van der Waals surface area contributed by atoms with Gasteiger partial charge in [0.25, 0.3) is 0 Å². The number of amides is 2. The Morgan fingerprint density at radius 1 is 1.22 bits per heavy atom. The van der Waals surface area contributed by atoms with E-state index in [9.17, 15) is 9.59 Å². The Balaban J connectivity index is 0.00000137. The number of primary amides is 1. The highest BCUT2D eigenvalue weighted by Crippen LogP contribution is 2.03. The number of nitrogens with two attached hydrogens (primary N) is 1. The second-order valence-corrected chi connectivity index (χ2v) is 3.85. The molecule has 0 radical (unpaired) electrons. The van der Waals surface area contributed by atoms with E-state index in [4.69, 9.17) is 5.73 Å². The number of nitrogens with one attached hydrogen (secondary N) is 1. The minimum atomic E-state index is -0.627. The number of aryl methyl sites for hydroxylation is 1. The molecule has 4 nitrogen and oxygen atoms in total. The third-order valence-electron chi connectivity index (χ3n) is 2.29. The number of hydrogen-bond acceptors (Lipinski definition) is 2. The molecule has 0 aliphatic carbocycles. The standard InChI is InChI=1S/C12H16N2O2.C2H6/c1-8-3-5-10(6-4-8)7-11(15)14-9(2)12(13)16;1-2/h3-6,9H,7H2,1-2H3,(H2,13,16)(H,14,15);1-2H3. The number of benzene rings is 1. The van der Waals surface area contributed by atoms with Crippen LogP contribution in [0.4, 0.5) is 0 Å². The minimum absolute atomic E-state index is 0.199. The highest BCUT2D eigenvalue weighted by molar-refractivity contribution is 5.87. The van der Waals surface area contributed by atoms with Crippen LogP contribution in [0.2, 0.25) is 0 Å². The van der Waals surface area contributed by atoms with Gasteiger partial charge in [0.05, 0.1) is 6.42 Å². The van der Waals surface area contributed by atoms with Crippen molar-refractivity contribution in [1.82, 2.24) is 5.32 Å². The molecule has 0 saturated heterocycles. The van der Waals surface area contributed by atoms with Crippen LogP contribution in [0.1, 0.15) is 31.9 Å². The monoisotopic (exact) mass is 250 g/mol. The fourth-order valence-corrected chi connectivity index (χ4v) is 1.25. The van der Waals surface area contributed by atoms with Gasteiger partial charge in [-0.2, -0.15) is 0 Å². The van der Waals surface area contributed by atoms with Crippen LogP contribution in [0.15, 0.2) is 24.3 Å². The zero-order chi connectivity index (χ0) is 14.1. The predicted molar refractivity (Wildman–Crippen MR) is 73.0 cm³/mol. The Morgan fingerprint density at radius 2 is 1.72 bits per heavy atom. The summed E-state index contributed by atoms with van der Waals surface area (Å²) < 4.78 is 0. The van der Waals surface area contributed by atoms with Crippen LogP contribution >= 0.6 is 0 Å². The van der Waals surface area contributed by atoms with Crippen molar-refractivity contribution in [3.63, 3.8) is 0 Å². The summed E-state index contributed by atoms with van der Waals surface area (Å²) in [6.07, 6.45) is 0.262.